The summed E-state index contributed by atoms with van der Waals surface area (Å²) >= 11 is 6.03. The monoisotopic (exact) mass is 535 g/mol. The molecule has 1 N–H and O–H groups in total. The number of aliphatic hydroxyl groups excluding tert-OH is 1. The maximum atomic E-state index is 13.9. The molecule has 1 amide bonds. The van der Waals surface area contributed by atoms with Crippen molar-refractivity contribution in [3.05, 3.63) is 99.8 Å². The summed E-state index contributed by atoms with van der Waals surface area (Å²) in [5.74, 6) is -1.81. The summed E-state index contributed by atoms with van der Waals surface area (Å²) in [5, 5.41) is 11.2. The molecule has 0 radical (unpaired) electrons. The second-order valence-electron chi connectivity index (χ2n) is 10.9. The smallest absolute Gasteiger partial charge is 0.300 e. The first-order valence-corrected chi connectivity index (χ1v) is 12.9. The highest BCUT2D eigenvalue weighted by molar-refractivity contribution is 6.51. The second kappa shape index (κ2) is 10.6. The predicted octanol–water partition coefficient (Wildman–Crippen LogP) is 7.44. The van der Waals surface area contributed by atoms with E-state index >= 15 is 0 Å². The lowest BCUT2D eigenvalue weighted by Crippen LogP contribution is -2.29. The Morgan fingerprint density at radius 1 is 1.05 bits per heavy atom. The number of ketones is 1. The fraction of sp³-hybridized carbons (Fsp3) is 0.290. The number of carbonyl (C=O) groups excluding carboxylic acids is 2. The molecule has 1 unspecified atom stereocenters. The summed E-state index contributed by atoms with van der Waals surface area (Å²) in [7, 11) is 0. The highest BCUT2D eigenvalue weighted by atomic mass is 35.5. The third-order valence-corrected chi connectivity index (χ3v) is 6.70. The Hall–Kier alpha value is -3.64. The van der Waals surface area contributed by atoms with Gasteiger partial charge in [-0.3, -0.25) is 14.5 Å². The van der Waals surface area contributed by atoms with Crippen molar-refractivity contribution < 1.29 is 23.8 Å². The number of ether oxygens (including phenoxy) is 1. The first-order chi connectivity index (χ1) is 17.9. The molecule has 3 aromatic carbocycles. The molecule has 0 aromatic heterocycles. The van der Waals surface area contributed by atoms with Gasteiger partial charge in [0.05, 0.1) is 23.2 Å². The van der Waals surface area contributed by atoms with Crippen LogP contribution in [0.5, 0.6) is 5.75 Å². The minimum atomic E-state index is -0.953. The summed E-state index contributed by atoms with van der Waals surface area (Å²) in [6.45, 7) is 10.8. The van der Waals surface area contributed by atoms with Crippen LogP contribution in [0.3, 0.4) is 0 Å². The Balaban J connectivity index is 1.88. The van der Waals surface area contributed by atoms with Crippen molar-refractivity contribution in [1.29, 1.82) is 0 Å². The van der Waals surface area contributed by atoms with Crippen molar-refractivity contribution in [2.24, 2.45) is 5.92 Å². The Labute approximate surface area is 227 Å². The van der Waals surface area contributed by atoms with Crippen molar-refractivity contribution >= 4 is 34.7 Å². The van der Waals surface area contributed by atoms with Crippen LogP contribution in [0.1, 0.15) is 57.4 Å². The molecule has 0 bridgehead atoms. The molecule has 4 rings (SSSR count). The fourth-order valence-electron chi connectivity index (χ4n) is 4.37. The standard InChI is InChI=1S/C31H31ClFNO4/c1-18(2)17-38-23-8-6-7-20(15-23)28(35)26-27(19-9-11-21(12-10-19)31(3,4)5)34(30(37)29(26)36)22-13-14-25(33)24(32)16-22/h6-16,18,27,35H,17H2,1-5H3/b28-26+. The zero-order valence-corrected chi connectivity index (χ0v) is 22.8. The number of aliphatic hydroxyl groups is 1. The SMILES string of the molecule is CC(C)COc1cccc(/C(O)=C2\C(=O)C(=O)N(c3ccc(F)c(Cl)c3)C2c2ccc(C(C)(C)C)cc2)c1. The molecular weight excluding hydrogens is 505 g/mol. The Morgan fingerprint density at radius 2 is 1.74 bits per heavy atom. The summed E-state index contributed by atoms with van der Waals surface area (Å²) in [5.41, 5.74) is 2.10. The van der Waals surface area contributed by atoms with Crippen LogP contribution in [-0.4, -0.2) is 23.4 Å². The summed E-state index contributed by atoms with van der Waals surface area (Å²) in [6, 6.07) is 17.2. The van der Waals surface area contributed by atoms with Crippen LogP contribution in [0, 0.1) is 11.7 Å². The van der Waals surface area contributed by atoms with E-state index in [0.29, 0.717) is 29.4 Å². The van der Waals surface area contributed by atoms with E-state index in [0.717, 1.165) is 11.6 Å². The summed E-state index contributed by atoms with van der Waals surface area (Å²) in [4.78, 5) is 28.0. The largest absolute Gasteiger partial charge is 0.507 e. The third-order valence-electron chi connectivity index (χ3n) is 6.41. The number of hydrogen-bond donors (Lipinski definition) is 1. The van der Waals surface area contributed by atoms with Crippen LogP contribution >= 0.6 is 11.6 Å². The lowest BCUT2D eigenvalue weighted by atomic mass is 9.85. The molecule has 0 spiro atoms. The number of hydrogen-bond acceptors (Lipinski definition) is 4. The van der Waals surface area contributed by atoms with Gasteiger partial charge in [-0.15, -0.1) is 0 Å². The van der Waals surface area contributed by atoms with E-state index in [-0.39, 0.29) is 27.5 Å². The van der Waals surface area contributed by atoms with Gasteiger partial charge in [-0.2, -0.15) is 0 Å². The maximum absolute atomic E-state index is 13.9. The number of halogens is 2. The third kappa shape index (κ3) is 5.46. The number of amides is 1. The number of anilines is 1. The van der Waals surface area contributed by atoms with Crippen molar-refractivity contribution in [3.63, 3.8) is 0 Å². The zero-order chi connectivity index (χ0) is 27.8. The van der Waals surface area contributed by atoms with Gasteiger partial charge in [0.25, 0.3) is 11.7 Å². The molecule has 0 saturated carbocycles. The average molecular weight is 536 g/mol. The molecule has 1 fully saturated rings. The molecule has 198 valence electrons. The number of benzene rings is 3. The van der Waals surface area contributed by atoms with Gasteiger partial charge in [-0.25, -0.2) is 4.39 Å². The van der Waals surface area contributed by atoms with Crippen LogP contribution in [0.15, 0.2) is 72.3 Å². The molecule has 1 heterocycles. The van der Waals surface area contributed by atoms with Crippen LogP contribution in [0.25, 0.3) is 5.76 Å². The van der Waals surface area contributed by atoms with E-state index < -0.39 is 23.5 Å². The highest BCUT2D eigenvalue weighted by Gasteiger charge is 2.47. The van der Waals surface area contributed by atoms with Crippen molar-refractivity contribution in [2.45, 2.75) is 46.1 Å². The second-order valence-corrected chi connectivity index (χ2v) is 11.3. The van der Waals surface area contributed by atoms with Gasteiger partial charge >= 0.3 is 0 Å². The molecule has 1 aliphatic heterocycles. The average Bonchev–Trinajstić information content (AvgIpc) is 3.14. The number of rotatable bonds is 6. The fourth-order valence-corrected chi connectivity index (χ4v) is 4.54. The molecule has 7 heteroatoms. The Morgan fingerprint density at radius 3 is 2.34 bits per heavy atom. The van der Waals surface area contributed by atoms with E-state index in [1.165, 1.54) is 17.0 Å². The lowest BCUT2D eigenvalue weighted by molar-refractivity contribution is -0.132. The van der Waals surface area contributed by atoms with Gasteiger partial charge in [0.1, 0.15) is 17.3 Å². The van der Waals surface area contributed by atoms with E-state index in [1.807, 2.05) is 38.1 Å². The van der Waals surface area contributed by atoms with E-state index in [9.17, 15) is 19.1 Å². The van der Waals surface area contributed by atoms with Crippen LogP contribution in [-0.2, 0) is 15.0 Å². The van der Waals surface area contributed by atoms with E-state index in [2.05, 4.69) is 20.8 Å². The summed E-state index contributed by atoms with van der Waals surface area (Å²) < 4.78 is 19.7. The summed E-state index contributed by atoms with van der Waals surface area (Å²) in [6.07, 6.45) is 0. The number of carbonyl (C=O) groups is 2. The van der Waals surface area contributed by atoms with E-state index in [1.54, 1.807) is 24.3 Å². The van der Waals surface area contributed by atoms with Gasteiger partial charge in [-0.05, 0) is 52.8 Å². The molecule has 5 nitrogen and oxygen atoms in total. The van der Waals surface area contributed by atoms with Crippen LogP contribution in [0.2, 0.25) is 5.02 Å². The molecule has 0 aliphatic carbocycles. The molecule has 1 atom stereocenters. The van der Waals surface area contributed by atoms with E-state index in [4.69, 9.17) is 16.3 Å². The topological polar surface area (TPSA) is 66.8 Å². The van der Waals surface area contributed by atoms with Gasteiger partial charge < -0.3 is 9.84 Å². The molecule has 1 saturated heterocycles. The van der Waals surface area contributed by atoms with Crippen molar-refractivity contribution in [3.8, 4) is 5.75 Å². The van der Waals surface area contributed by atoms with Gasteiger partial charge in [0, 0.05) is 11.3 Å². The minimum Gasteiger partial charge on any atom is -0.507 e. The Bertz CT molecular complexity index is 1410. The first-order valence-electron chi connectivity index (χ1n) is 12.5. The van der Waals surface area contributed by atoms with Crippen molar-refractivity contribution in [2.75, 3.05) is 11.5 Å². The lowest BCUT2D eigenvalue weighted by Gasteiger charge is -2.27. The van der Waals surface area contributed by atoms with Crippen molar-refractivity contribution in [1.82, 2.24) is 0 Å². The van der Waals surface area contributed by atoms with Gasteiger partial charge in [0.15, 0.2) is 0 Å². The minimum absolute atomic E-state index is 0.0695. The van der Waals surface area contributed by atoms with Gasteiger partial charge in [-0.1, -0.05) is 82.6 Å². The molecule has 38 heavy (non-hydrogen) atoms. The number of nitrogens with zero attached hydrogens (tertiary/aromatic N) is 1. The van der Waals surface area contributed by atoms with Gasteiger partial charge in [0.2, 0.25) is 0 Å². The zero-order valence-electron chi connectivity index (χ0n) is 22.1. The molecular formula is C31H31ClFNO4. The van der Waals surface area contributed by atoms with Crippen LogP contribution < -0.4 is 9.64 Å². The highest BCUT2D eigenvalue weighted by Crippen LogP contribution is 2.43. The number of Topliss-reactive ketones (excluding diaryl/α,β-unsaturated/α-hetero) is 1. The molecule has 1 aliphatic rings. The maximum Gasteiger partial charge on any atom is 0.300 e. The first kappa shape index (κ1) is 27.4. The van der Waals surface area contributed by atoms with Crippen LogP contribution in [0.4, 0.5) is 10.1 Å². The Kier molecular flexibility index (Phi) is 7.65. The molecule has 3 aromatic rings. The normalized spacial score (nSPS) is 17.4. The predicted molar refractivity (Wildman–Crippen MR) is 148 cm³/mol. The quantitative estimate of drug-likeness (QED) is 0.202.